The van der Waals surface area contributed by atoms with Crippen LogP contribution in [-0.4, -0.2) is 110 Å². The maximum atomic E-state index is 13.2. The van der Waals surface area contributed by atoms with Crippen molar-refractivity contribution in [2.24, 2.45) is 0 Å². The largest absolute Gasteiger partial charge is 0.394 e. The lowest BCUT2D eigenvalue weighted by Crippen LogP contribution is -2.60. The van der Waals surface area contributed by atoms with E-state index in [1.54, 1.807) is 0 Å². The fourth-order valence-corrected chi connectivity index (χ4v) is 10.6. The third kappa shape index (κ3) is 42.8. The Morgan fingerprint density at radius 3 is 1.16 bits per heavy atom. The van der Waals surface area contributed by atoms with Gasteiger partial charge in [0.25, 0.3) is 0 Å². The van der Waals surface area contributed by atoms with E-state index in [-0.39, 0.29) is 12.8 Å². The summed E-state index contributed by atoms with van der Waals surface area (Å²) in [7, 11) is 0. The number of carbonyl (C=O) groups excluding carboxylic acids is 1. The van der Waals surface area contributed by atoms with Crippen LogP contribution in [0.15, 0.2) is 36.5 Å². The van der Waals surface area contributed by atoms with Gasteiger partial charge in [0.2, 0.25) is 5.91 Å². The van der Waals surface area contributed by atoms with E-state index in [2.05, 4.69) is 55.6 Å². The highest BCUT2D eigenvalue weighted by molar-refractivity contribution is 5.80. The Bertz CT molecular complexity index is 1350. The summed E-state index contributed by atoms with van der Waals surface area (Å²) in [6.45, 7) is 3.46. The van der Waals surface area contributed by atoms with E-state index in [1.165, 1.54) is 218 Å². The molecule has 0 radical (unpaired) electrons. The quantitative estimate of drug-likeness (QED) is 0.0215. The third-order valence-corrected chi connectivity index (χ3v) is 15.9. The Kier molecular flexibility index (Phi) is 52.3. The van der Waals surface area contributed by atoms with Crippen molar-refractivity contribution in [1.82, 2.24) is 5.32 Å². The van der Waals surface area contributed by atoms with Gasteiger partial charge < -0.3 is 50.5 Å². The fourth-order valence-electron chi connectivity index (χ4n) is 10.6. The van der Waals surface area contributed by atoms with Crippen molar-refractivity contribution in [1.29, 1.82) is 0 Å². The second-order valence-electron chi connectivity index (χ2n) is 23.2. The fraction of sp³-hybridized carbons (Fsp3) is 0.894. The van der Waals surface area contributed by atoms with Crippen LogP contribution in [0.4, 0.5) is 0 Å². The van der Waals surface area contributed by atoms with E-state index in [1.807, 2.05) is 0 Å². The number of allylic oxidation sites excluding steroid dienone is 6. The van der Waals surface area contributed by atoms with E-state index in [0.717, 1.165) is 44.9 Å². The average Bonchev–Trinajstić information content (AvgIpc) is 3.43. The van der Waals surface area contributed by atoms with E-state index in [0.29, 0.717) is 19.3 Å². The number of carbonyl (C=O) groups is 1. The zero-order chi connectivity index (χ0) is 56.1. The zero-order valence-electron chi connectivity index (χ0n) is 50.0. The Balaban J connectivity index is 2.20. The first kappa shape index (κ1) is 73.3. The molecule has 0 aromatic rings. The summed E-state index contributed by atoms with van der Waals surface area (Å²) < 4.78 is 11.1. The highest BCUT2D eigenvalue weighted by Crippen LogP contribution is 2.24. The van der Waals surface area contributed by atoms with Crippen LogP contribution in [0, 0.1) is 0 Å². The Hall–Kier alpha value is -1.67. The van der Waals surface area contributed by atoms with E-state index in [9.17, 15) is 40.5 Å². The zero-order valence-corrected chi connectivity index (χ0v) is 50.0. The summed E-state index contributed by atoms with van der Waals surface area (Å²) in [5.74, 6) is -0.707. The maximum Gasteiger partial charge on any atom is 0.249 e. The Morgan fingerprint density at radius 2 is 0.779 bits per heavy atom. The SMILES string of the molecule is CCCCCCC/C=C/CC/C=C/CC/C=C/CCCC(O)C(O)C(COC1OC(CO)C(O)C(O)C1O)NC(=O)C(O)CCCCCCCCCCCCCCCCCCCCCCCCCCCCCCCCCC. The van der Waals surface area contributed by atoms with Gasteiger partial charge in [-0.3, -0.25) is 4.79 Å². The number of rotatable bonds is 57. The number of hydrogen-bond acceptors (Lipinski definition) is 10. The molecular formula is C66H125NO10. The molecule has 0 bridgehead atoms. The van der Waals surface area contributed by atoms with Gasteiger partial charge in [-0.2, -0.15) is 0 Å². The molecule has 1 fully saturated rings. The maximum absolute atomic E-state index is 13.2. The number of unbranched alkanes of at least 4 members (excludes halogenated alkanes) is 39. The van der Waals surface area contributed by atoms with Crippen molar-refractivity contribution in [3.63, 3.8) is 0 Å². The van der Waals surface area contributed by atoms with Gasteiger partial charge in [-0.05, 0) is 64.2 Å². The molecule has 11 nitrogen and oxygen atoms in total. The molecule has 0 aliphatic carbocycles. The Morgan fingerprint density at radius 1 is 0.442 bits per heavy atom. The second kappa shape index (κ2) is 54.9. The summed E-state index contributed by atoms with van der Waals surface area (Å²) in [4.78, 5) is 13.2. The standard InChI is InChI=1S/C66H125NO10/c1-3-5-7-9-11-13-15-17-19-21-23-24-25-26-27-28-29-30-31-32-33-34-35-36-38-40-42-44-46-48-50-52-54-59(70)65(75)67-57(56-76-66-64(74)63(73)62(72)60(55-68)77-66)61(71)58(69)53-51-49-47-45-43-41-39-37-22-20-18-16-14-12-10-8-6-4-2/h16,18,37,39,45,47,57-64,66,68-74H,3-15,17,19-36,38,40-44,46,48-56H2,1-2H3,(H,67,75)/b18-16+,39-37+,47-45+. The molecule has 77 heavy (non-hydrogen) atoms. The number of amides is 1. The second-order valence-corrected chi connectivity index (χ2v) is 23.2. The highest BCUT2D eigenvalue weighted by Gasteiger charge is 2.44. The normalized spacial score (nSPS) is 19.7. The van der Waals surface area contributed by atoms with Gasteiger partial charge >= 0.3 is 0 Å². The number of aliphatic hydroxyl groups is 7. The van der Waals surface area contributed by atoms with Crippen LogP contribution in [0.1, 0.15) is 309 Å². The van der Waals surface area contributed by atoms with Gasteiger partial charge in [-0.1, -0.05) is 281 Å². The lowest BCUT2D eigenvalue weighted by Gasteiger charge is -2.40. The number of nitrogens with one attached hydrogen (secondary N) is 1. The van der Waals surface area contributed by atoms with Crippen LogP contribution in [-0.2, 0) is 14.3 Å². The first-order valence-corrected chi connectivity index (χ1v) is 32.9. The van der Waals surface area contributed by atoms with Crippen molar-refractivity contribution < 1.29 is 50.0 Å². The lowest BCUT2D eigenvalue weighted by molar-refractivity contribution is -0.303. The van der Waals surface area contributed by atoms with Crippen LogP contribution in [0.2, 0.25) is 0 Å². The summed E-state index contributed by atoms with van der Waals surface area (Å²) >= 11 is 0. The topological polar surface area (TPSA) is 189 Å². The number of hydrogen-bond donors (Lipinski definition) is 8. The molecule has 1 aliphatic rings. The van der Waals surface area contributed by atoms with Crippen molar-refractivity contribution in [2.75, 3.05) is 13.2 Å². The average molecular weight is 1090 g/mol. The molecule has 0 spiro atoms. The summed E-state index contributed by atoms with van der Waals surface area (Å²) in [6, 6.07) is -1.19. The minimum atomic E-state index is -1.67. The summed E-state index contributed by atoms with van der Waals surface area (Å²) in [6.07, 6.45) is 58.0. The molecule has 0 saturated carbocycles. The monoisotopic (exact) mass is 1090 g/mol. The first-order valence-electron chi connectivity index (χ1n) is 32.9. The van der Waals surface area contributed by atoms with Crippen molar-refractivity contribution >= 4 is 5.91 Å². The van der Waals surface area contributed by atoms with Gasteiger partial charge in [-0.25, -0.2) is 0 Å². The molecule has 454 valence electrons. The van der Waals surface area contributed by atoms with Crippen molar-refractivity contribution in [3.05, 3.63) is 36.5 Å². The van der Waals surface area contributed by atoms with E-state index < -0.39 is 74.2 Å². The van der Waals surface area contributed by atoms with Gasteiger partial charge in [0, 0.05) is 0 Å². The van der Waals surface area contributed by atoms with Crippen LogP contribution >= 0.6 is 0 Å². The highest BCUT2D eigenvalue weighted by atomic mass is 16.7. The molecule has 1 rings (SSSR count). The molecule has 1 aliphatic heterocycles. The molecule has 1 amide bonds. The molecule has 11 heteroatoms. The van der Waals surface area contributed by atoms with E-state index >= 15 is 0 Å². The predicted octanol–water partition coefficient (Wildman–Crippen LogP) is 15.0. The number of ether oxygens (including phenoxy) is 2. The molecule has 1 heterocycles. The van der Waals surface area contributed by atoms with Crippen molar-refractivity contribution in [2.45, 2.75) is 364 Å². The third-order valence-electron chi connectivity index (χ3n) is 15.9. The van der Waals surface area contributed by atoms with Crippen LogP contribution < -0.4 is 5.32 Å². The molecule has 9 unspecified atom stereocenters. The summed E-state index contributed by atoms with van der Waals surface area (Å²) in [5, 5.41) is 76.2. The van der Waals surface area contributed by atoms with Crippen LogP contribution in [0.3, 0.4) is 0 Å². The predicted molar refractivity (Wildman–Crippen MR) is 321 cm³/mol. The summed E-state index contributed by atoms with van der Waals surface area (Å²) in [5.41, 5.74) is 0. The minimum absolute atomic E-state index is 0.242. The van der Waals surface area contributed by atoms with Gasteiger partial charge in [0.15, 0.2) is 6.29 Å². The smallest absolute Gasteiger partial charge is 0.249 e. The molecule has 0 aromatic carbocycles. The number of aliphatic hydroxyl groups excluding tert-OH is 7. The van der Waals surface area contributed by atoms with Crippen molar-refractivity contribution in [3.8, 4) is 0 Å². The molecule has 9 atom stereocenters. The molecule has 0 aromatic heterocycles. The molecule has 8 N–H and O–H groups in total. The van der Waals surface area contributed by atoms with Crippen LogP contribution in [0.25, 0.3) is 0 Å². The van der Waals surface area contributed by atoms with Crippen LogP contribution in [0.5, 0.6) is 0 Å². The van der Waals surface area contributed by atoms with E-state index in [4.69, 9.17) is 9.47 Å². The molecular weight excluding hydrogens is 967 g/mol. The minimum Gasteiger partial charge on any atom is -0.394 e. The van der Waals surface area contributed by atoms with Gasteiger partial charge in [0.05, 0.1) is 25.4 Å². The Labute approximate surface area is 473 Å². The molecule has 1 saturated heterocycles. The van der Waals surface area contributed by atoms with Gasteiger partial charge in [-0.15, -0.1) is 0 Å². The first-order chi connectivity index (χ1) is 37.7. The lowest BCUT2D eigenvalue weighted by atomic mass is 9.98. The van der Waals surface area contributed by atoms with Gasteiger partial charge in [0.1, 0.15) is 36.6 Å².